The van der Waals surface area contributed by atoms with Crippen LogP contribution in [0.4, 0.5) is 5.13 Å². The van der Waals surface area contributed by atoms with Crippen molar-refractivity contribution in [1.82, 2.24) is 20.0 Å². The molecule has 0 spiro atoms. The van der Waals surface area contributed by atoms with E-state index in [4.69, 9.17) is 34.8 Å². The summed E-state index contributed by atoms with van der Waals surface area (Å²) in [7, 11) is 0. The monoisotopic (exact) mass is 491 g/mol. The molecule has 0 aliphatic rings. The lowest BCUT2D eigenvalue weighted by Gasteiger charge is -2.05. The van der Waals surface area contributed by atoms with E-state index in [-0.39, 0.29) is 11.6 Å². The zero-order valence-electron chi connectivity index (χ0n) is 16.5. The standard InChI is InChI=1S/C21H16Cl3N5OS/c1-11-18(10-13-7-8-14(22)16(24)9-13)31-21(25-11)26-20(30)19-12(2)29(28-27-19)17-6-4-3-5-15(17)23/h3-9H,10H2,1-2H3,(H,25,26,30). The second kappa shape index (κ2) is 8.96. The molecule has 0 aliphatic carbocycles. The average Bonchev–Trinajstić information content (AvgIpc) is 3.27. The Labute approximate surface area is 197 Å². The molecule has 0 radical (unpaired) electrons. The molecule has 0 bridgehead atoms. The first-order valence-electron chi connectivity index (χ1n) is 9.22. The summed E-state index contributed by atoms with van der Waals surface area (Å²) in [6, 6.07) is 12.8. The summed E-state index contributed by atoms with van der Waals surface area (Å²) in [5.41, 5.74) is 3.29. The first-order valence-corrected chi connectivity index (χ1v) is 11.2. The number of halogens is 3. The molecule has 0 unspecified atom stereocenters. The lowest BCUT2D eigenvalue weighted by Crippen LogP contribution is -2.14. The second-order valence-corrected chi connectivity index (χ2v) is 9.10. The molecule has 4 rings (SSSR count). The van der Waals surface area contributed by atoms with Crippen molar-refractivity contribution in [3.63, 3.8) is 0 Å². The summed E-state index contributed by atoms with van der Waals surface area (Å²) in [6.07, 6.45) is 0.637. The molecule has 0 saturated heterocycles. The average molecular weight is 493 g/mol. The van der Waals surface area contributed by atoms with Crippen LogP contribution < -0.4 is 5.32 Å². The number of carbonyl (C=O) groups excluding carboxylic acids is 1. The molecule has 1 N–H and O–H groups in total. The normalized spacial score (nSPS) is 11.0. The van der Waals surface area contributed by atoms with Crippen LogP contribution in [0.1, 0.15) is 32.3 Å². The molecule has 2 aromatic heterocycles. The predicted molar refractivity (Wildman–Crippen MR) is 125 cm³/mol. The lowest BCUT2D eigenvalue weighted by molar-refractivity contribution is 0.102. The van der Waals surface area contributed by atoms with Gasteiger partial charge >= 0.3 is 0 Å². The number of nitrogens with zero attached hydrogens (tertiary/aromatic N) is 4. The largest absolute Gasteiger partial charge is 0.296 e. The zero-order chi connectivity index (χ0) is 22.1. The van der Waals surface area contributed by atoms with Crippen LogP contribution in [0.2, 0.25) is 15.1 Å². The second-order valence-electron chi connectivity index (χ2n) is 6.79. The van der Waals surface area contributed by atoms with Crippen molar-refractivity contribution in [2.45, 2.75) is 20.3 Å². The van der Waals surface area contributed by atoms with E-state index in [9.17, 15) is 4.79 Å². The topological polar surface area (TPSA) is 72.7 Å². The fourth-order valence-electron chi connectivity index (χ4n) is 3.03. The Morgan fingerprint density at radius 1 is 1.06 bits per heavy atom. The van der Waals surface area contributed by atoms with E-state index in [2.05, 4.69) is 20.6 Å². The highest BCUT2D eigenvalue weighted by atomic mass is 35.5. The minimum Gasteiger partial charge on any atom is -0.296 e. The highest BCUT2D eigenvalue weighted by molar-refractivity contribution is 7.15. The van der Waals surface area contributed by atoms with Gasteiger partial charge < -0.3 is 0 Å². The number of benzene rings is 2. The van der Waals surface area contributed by atoms with Gasteiger partial charge in [-0.2, -0.15) is 0 Å². The minimum atomic E-state index is -0.384. The summed E-state index contributed by atoms with van der Waals surface area (Å²) in [5, 5.41) is 13.0. The van der Waals surface area contributed by atoms with E-state index >= 15 is 0 Å². The van der Waals surface area contributed by atoms with Crippen LogP contribution in [-0.2, 0) is 6.42 Å². The van der Waals surface area contributed by atoms with Gasteiger partial charge in [-0.3, -0.25) is 10.1 Å². The van der Waals surface area contributed by atoms with Crippen LogP contribution in [0.25, 0.3) is 5.69 Å². The molecular formula is C21H16Cl3N5OS. The van der Waals surface area contributed by atoms with Crippen LogP contribution in [0.5, 0.6) is 0 Å². The van der Waals surface area contributed by atoms with Crippen molar-refractivity contribution in [2.24, 2.45) is 0 Å². The van der Waals surface area contributed by atoms with Crippen molar-refractivity contribution in [2.75, 3.05) is 5.32 Å². The van der Waals surface area contributed by atoms with Crippen molar-refractivity contribution in [3.8, 4) is 5.69 Å². The number of thiazole rings is 1. The van der Waals surface area contributed by atoms with Gasteiger partial charge in [0, 0.05) is 11.3 Å². The summed E-state index contributed by atoms with van der Waals surface area (Å²) in [4.78, 5) is 18.3. The molecule has 0 fully saturated rings. The van der Waals surface area contributed by atoms with Crippen LogP contribution in [0.15, 0.2) is 42.5 Å². The number of hydrogen-bond acceptors (Lipinski definition) is 5. The third kappa shape index (κ3) is 4.60. The highest BCUT2D eigenvalue weighted by Gasteiger charge is 2.20. The number of carbonyl (C=O) groups is 1. The minimum absolute atomic E-state index is 0.207. The molecular weight excluding hydrogens is 477 g/mol. The number of para-hydroxylation sites is 1. The van der Waals surface area contributed by atoms with E-state index < -0.39 is 0 Å². The highest BCUT2D eigenvalue weighted by Crippen LogP contribution is 2.29. The maximum Gasteiger partial charge on any atom is 0.279 e. The fraction of sp³-hybridized carbons (Fsp3) is 0.143. The summed E-state index contributed by atoms with van der Waals surface area (Å²) in [6.45, 7) is 3.67. The van der Waals surface area contributed by atoms with Gasteiger partial charge in [-0.25, -0.2) is 9.67 Å². The van der Waals surface area contributed by atoms with Gasteiger partial charge in [-0.15, -0.1) is 16.4 Å². The van der Waals surface area contributed by atoms with E-state index in [0.717, 1.165) is 16.1 Å². The van der Waals surface area contributed by atoms with Crippen molar-refractivity contribution >= 4 is 57.2 Å². The quantitative estimate of drug-likeness (QED) is 0.363. The molecule has 0 aliphatic heterocycles. The number of amides is 1. The van der Waals surface area contributed by atoms with Crippen molar-refractivity contribution in [1.29, 1.82) is 0 Å². The van der Waals surface area contributed by atoms with E-state index in [1.54, 1.807) is 23.7 Å². The number of rotatable bonds is 5. The first kappa shape index (κ1) is 21.8. The van der Waals surface area contributed by atoms with Gasteiger partial charge in [0.2, 0.25) is 0 Å². The number of anilines is 1. The van der Waals surface area contributed by atoms with Gasteiger partial charge in [0.05, 0.1) is 32.1 Å². The summed E-state index contributed by atoms with van der Waals surface area (Å²) >= 11 is 19.7. The van der Waals surface area contributed by atoms with Gasteiger partial charge in [0.25, 0.3) is 5.91 Å². The Hall–Kier alpha value is -2.45. The molecule has 2 aromatic carbocycles. The third-order valence-corrected chi connectivity index (χ3v) is 6.78. The third-order valence-electron chi connectivity index (χ3n) is 4.65. The number of aromatic nitrogens is 4. The van der Waals surface area contributed by atoms with Crippen LogP contribution in [0.3, 0.4) is 0 Å². The molecule has 0 saturated carbocycles. The summed E-state index contributed by atoms with van der Waals surface area (Å²) < 4.78 is 1.54. The molecule has 1 amide bonds. The Kier molecular flexibility index (Phi) is 6.29. The molecule has 31 heavy (non-hydrogen) atoms. The molecule has 4 aromatic rings. The number of hydrogen-bond donors (Lipinski definition) is 1. The lowest BCUT2D eigenvalue weighted by atomic mass is 10.1. The maximum atomic E-state index is 12.8. The van der Waals surface area contributed by atoms with E-state index in [1.807, 2.05) is 37.3 Å². The zero-order valence-corrected chi connectivity index (χ0v) is 19.6. The van der Waals surface area contributed by atoms with Crippen LogP contribution >= 0.6 is 46.1 Å². The van der Waals surface area contributed by atoms with Crippen molar-refractivity contribution < 1.29 is 4.79 Å². The maximum absolute atomic E-state index is 12.8. The van der Waals surface area contributed by atoms with Gasteiger partial charge in [-0.05, 0) is 43.7 Å². The van der Waals surface area contributed by atoms with E-state index in [0.29, 0.717) is 38.0 Å². The van der Waals surface area contributed by atoms with Gasteiger partial charge in [0.1, 0.15) is 0 Å². The Morgan fingerprint density at radius 3 is 2.58 bits per heavy atom. The smallest absolute Gasteiger partial charge is 0.279 e. The van der Waals surface area contributed by atoms with Gasteiger partial charge in [0.15, 0.2) is 10.8 Å². The summed E-state index contributed by atoms with van der Waals surface area (Å²) in [5.74, 6) is -0.384. The fourth-order valence-corrected chi connectivity index (χ4v) is 4.56. The SMILES string of the molecule is Cc1nc(NC(=O)c2nnn(-c3ccccc3Cl)c2C)sc1Cc1ccc(Cl)c(Cl)c1. The van der Waals surface area contributed by atoms with E-state index in [1.165, 1.54) is 11.3 Å². The molecule has 158 valence electrons. The Bertz CT molecular complexity index is 1280. The molecule has 6 nitrogen and oxygen atoms in total. The number of nitrogens with one attached hydrogen (secondary N) is 1. The van der Waals surface area contributed by atoms with Gasteiger partial charge in [-0.1, -0.05) is 58.2 Å². The predicted octanol–water partition coefficient (Wildman–Crippen LogP) is 6.14. The Morgan fingerprint density at radius 2 is 1.84 bits per heavy atom. The van der Waals surface area contributed by atoms with Crippen molar-refractivity contribution in [3.05, 3.63) is 85.1 Å². The molecule has 2 heterocycles. The Balaban J connectivity index is 1.53. The molecule has 0 atom stereocenters. The van der Waals surface area contributed by atoms with Crippen LogP contribution in [-0.4, -0.2) is 25.9 Å². The first-order chi connectivity index (χ1) is 14.8. The van der Waals surface area contributed by atoms with Crippen LogP contribution in [0, 0.1) is 13.8 Å². The molecule has 10 heteroatoms. The number of aryl methyl sites for hydroxylation is 1.